The molecule has 10 heteroatoms. The van der Waals surface area contributed by atoms with Crippen molar-refractivity contribution in [2.24, 2.45) is 0 Å². The Morgan fingerprint density at radius 3 is 1.24 bits per heavy atom. The summed E-state index contributed by atoms with van der Waals surface area (Å²) < 4.78 is 82.4. The monoisotopic (exact) mass is 762 g/mol. The molecular weight excluding hydrogens is 749 g/mol. The second kappa shape index (κ2) is 11.7. The van der Waals surface area contributed by atoms with Gasteiger partial charge >= 0.3 is 12.4 Å². The maximum atomic E-state index is 13.4. The molecule has 42 heavy (non-hydrogen) atoms. The fraction of sp³-hybridized carbons (Fsp3) is 0.0625. The minimum Gasteiger partial charge on any atom is -0.166 e. The van der Waals surface area contributed by atoms with Crippen LogP contribution in [-0.4, -0.2) is 7.85 Å². The van der Waals surface area contributed by atoms with E-state index in [0.717, 1.165) is 24.3 Å². The molecule has 0 bridgehead atoms. The fourth-order valence-electron chi connectivity index (χ4n) is 4.82. The summed E-state index contributed by atoms with van der Waals surface area (Å²) in [7, 11) is 6.98. The molecule has 0 nitrogen and oxygen atoms in total. The Labute approximate surface area is 264 Å². The first-order chi connectivity index (χ1) is 19.8. The van der Waals surface area contributed by atoms with Gasteiger partial charge in [0, 0.05) is 24.5 Å². The largest absolute Gasteiger partial charge is 0.416 e. The topological polar surface area (TPSA) is 0 Å². The molecule has 0 saturated carbocycles. The molecule has 0 atom stereocenters. The predicted octanol–water partition coefficient (Wildman–Crippen LogP) is 11.5. The van der Waals surface area contributed by atoms with E-state index < -0.39 is 23.5 Å². The van der Waals surface area contributed by atoms with E-state index in [9.17, 15) is 26.3 Å². The van der Waals surface area contributed by atoms with Gasteiger partial charge in [0.2, 0.25) is 0 Å². The highest BCUT2D eigenvalue weighted by molar-refractivity contribution is 9.11. The van der Waals surface area contributed by atoms with Crippen LogP contribution in [0.3, 0.4) is 0 Å². The number of rotatable bonds is 4. The van der Waals surface area contributed by atoms with Gasteiger partial charge < -0.3 is 0 Å². The van der Waals surface area contributed by atoms with Crippen LogP contribution in [0.4, 0.5) is 26.3 Å². The number of alkyl halides is 6. The highest BCUT2D eigenvalue weighted by Gasteiger charge is 2.32. The van der Waals surface area contributed by atoms with Gasteiger partial charge in [0.25, 0.3) is 0 Å². The van der Waals surface area contributed by atoms with Crippen molar-refractivity contribution in [3.63, 3.8) is 0 Å². The van der Waals surface area contributed by atoms with Crippen LogP contribution >= 0.6 is 47.8 Å². The van der Waals surface area contributed by atoms with Crippen molar-refractivity contribution in [2.75, 3.05) is 0 Å². The normalized spacial score (nSPS) is 12.0. The van der Waals surface area contributed by atoms with Gasteiger partial charge in [0.05, 0.1) is 11.1 Å². The van der Waals surface area contributed by atoms with Crippen molar-refractivity contribution in [3.8, 4) is 44.5 Å². The zero-order chi connectivity index (χ0) is 30.4. The first-order valence-electron chi connectivity index (χ1n) is 12.3. The third-order valence-electron chi connectivity index (χ3n) is 6.77. The van der Waals surface area contributed by atoms with E-state index in [2.05, 4.69) is 47.8 Å². The van der Waals surface area contributed by atoms with Crippen molar-refractivity contribution in [1.82, 2.24) is 0 Å². The second-order valence-electron chi connectivity index (χ2n) is 9.34. The minimum atomic E-state index is -4.53. The Hall–Kier alpha value is -2.82. The molecule has 0 heterocycles. The fourth-order valence-corrected chi connectivity index (χ4v) is 6.63. The molecule has 5 aromatic carbocycles. The Morgan fingerprint density at radius 2 is 0.833 bits per heavy atom. The molecular formula is C32H16BBr3F6. The smallest absolute Gasteiger partial charge is 0.166 e. The molecule has 5 rings (SSSR count). The lowest BCUT2D eigenvalue weighted by Gasteiger charge is -2.26. The molecule has 5 aromatic rings. The van der Waals surface area contributed by atoms with Crippen LogP contribution in [0, 0.1) is 0 Å². The third kappa shape index (κ3) is 5.86. The molecule has 0 aliphatic heterocycles. The van der Waals surface area contributed by atoms with Crippen LogP contribution in [0.15, 0.2) is 110 Å². The molecule has 0 fully saturated rings. The Balaban J connectivity index is 1.93. The van der Waals surface area contributed by atoms with E-state index >= 15 is 0 Å². The standard InChI is InChI=1S/C32H16BBr3F6/c33-29-25(17-9-13-19(14-10-17)31(37,38)39)28(22-6-2-4-8-24(22)35)30(36)26(27(29)21-5-1-3-7-23(21)34)18-11-15-20(16-12-18)32(40,41)42/h1-16H. The summed E-state index contributed by atoms with van der Waals surface area (Å²) in [5.74, 6) is 0. The summed E-state index contributed by atoms with van der Waals surface area (Å²) in [5, 5.41) is 0. The molecule has 0 N–H and O–H groups in total. The van der Waals surface area contributed by atoms with E-state index in [-0.39, 0.29) is 5.46 Å². The average Bonchev–Trinajstić information content (AvgIpc) is 2.94. The molecule has 210 valence electrons. The van der Waals surface area contributed by atoms with Crippen molar-refractivity contribution < 1.29 is 26.3 Å². The molecule has 2 radical (unpaired) electrons. The quantitative estimate of drug-likeness (QED) is 0.126. The lowest BCUT2D eigenvalue weighted by Crippen LogP contribution is -2.16. The maximum Gasteiger partial charge on any atom is 0.416 e. The Morgan fingerprint density at radius 1 is 0.452 bits per heavy atom. The number of benzene rings is 5. The minimum absolute atomic E-state index is 0.241. The van der Waals surface area contributed by atoms with Gasteiger partial charge in [-0.25, -0.2) is 0 Å². The molecule has 0 spiro atoms. The van der Waals surface area contributed by atoms with Gasteiger partial charge in [-0.15, -0.1) is 0 Å². The van der Waals surface area contributed by atoms with Crippen molar-refractivity contribution in [1.29, 1.82) is 0 Å². The predicted molar refractivity (Wildman–Crippen MR) is 167 cm³/mol. The van der Waals surface area contributed by atoms with Gasteiger partial charge in [0.1, 0.15) is 7.85 Å². The summed E-state index contributed by atoms with van der Waals surface area (Å²) in [5.41, 5.74) is 2.90. The van der Waals surface area contributed by atoms with Gasteiger partial charge in [-0.2, -0.15) is 26.3 Å². The SMILES string of the molecule is [B]c1c(-c2ccc(C(F)(F)F)cc2)c(-c2ccccc2Br)c(Br)c(-c2ccc(C(F)(F)F)cc2)c1-c1ccccc1Br. The summed E-state index contributed by atoms with van der Waals surface area (Å²) in [6.07, 6.45) is -9.05. The summed E-state index contributed by atoms with van der Waals surface area (Å²) in [6.45, 7) is 0. The first kappa shape index (κ1) is 30.6. The molecule has 0 aromatic heterocycles. The van der Waals surface area contributed by atoms with Gasteiger partial charge in [-0.1, -0.05) is 98.0 Å². The first-order valence-corrected chi connectivity index (χ1v) is 14.7. The molecule has 0 unspecified atom stereocenters. The van der Waals surface area contributed by atoms with Crippen molar-refractivity contribution in [3.05, 3.63) is 122 Å². The lowest BCUT2D eigenvalue weighted by atomic mass is 9.74. The van der Waals surface area contributed by atoms with Crippen LogP contribution in [0.2, 0.25) is 0 Å². The van der Waals surface area contributed by atoms with Gasteiger partial charge in [0.15, 0.2) is 0 Å². The molecule has 0 amide bonds. The van der Waals surface area contributed by atoms with E-state index in [1.165, 1.54) is 24.3 Å². The Bertz CT molecular complexity index is 1640. The summed E-state index contributed by atoms with van der Waals surface area (Å²) in [4.78, 5) is 0. The highest BCUT2D eigenvalue weighted by Crippen LogP contribution is 2.49. The van der Waals surface area contributed by atoms with E-state index in [1.807, 2.05) is 30.3 Å². The number of hydrogen-bond acceptors (Lipinski definition) is 0. The zero-order valence-electron chi connectivity index (χ0n) is 21.2. The third-order valence-corrected chi connectivity index (χ3v) is 8.94. The van der Waals surface area contributed by atoms with E-state index in [0.29, 0.717) is 57.9 Å². The van der Waals surface area contributed by atoms with E-state index in [4.69, 9.17) is 7.85 Å². The van der Waals surface area contributed by atoms with Crippen LogP contribution < -0.4 is 5.46 Å². The molecule has 0 aliphatic carbocycles. The van der Waals surface area contributed by atoms with Crippen molar-refractivity contribution >= 4 is 61.1 Å². The Kier molecular flexibility index (Phi) is 8.53. The van der Waals surface area contributed by atoms with Crippen LogP contribution in [0.5, 0.6) is 0 Å². The summed E-state index contributed by atoms with van der Waals surface area (Å²) >= 11 is 10.9. The maximum absolute atomic E-state index is 13.4. The van der Waals surface area contributed by atoms with Gasteiger partial charge in [-0.05, 0) is 85.7 Å². The zero-order valence-corrected chi connectivity index (χ0v) is 26.0. The average molecular weight is 765 g/mol. The highest BCUT2D eigenvalue weighted by atomic mass is 79.9. The number of halogens is 9. The van der Waals surface area contributed by atoms with Crippen LogP contribution in [-0.2, 0) is 12.4 Å². The van der Waals surface area contributed by atoms with Crippen molar-refractivity contribution in [2.45, 2.75) is 12.4 Å². The lowest BCUT2D eigenvalue weighted by molar-refractivity contribution is -0.138. The number of hydrogen-bond donors (Lipinski definition) is 0. The van der Waals surface area contributed by atoms with E-state index in [1.54, 1.807) is 18.2 Å². The van der Waals surface area contributed by atoms with Crippen LogP contribution in [0.1, 0.15) is 11.1 Å². The molecule has 0 aliphatic rings. The van der Waals surface area contributed by atoms with Crippen LogP contribution in [0.25, 0.3) is 44.5 Å². The van der Waals surface area contributed by atoms with Gasteiger partial charge in [-0.3, -0.25) is 0 Å². The molecule has 0 saturated heterocycles. The second-order valence-corrected chi connectivity index (χ2v) is 11.8. The summed E-state index contributed by atoms with van der Waals surface area (Å²) in [6, 6.07) is 24.0.